The minimum atomic E-state index is -0.0743. The average Bonchev–Trinajstić information content (AvgIpc) is 2.72. The molecule has 1 aliphatic rings. The van der Waals surface area contributed by atoms with Gasteiger partial charge in [-0.1, -0.05) is 45.2 Å². The van der Waals surface area contributed by atoms with Gasteiger partial charge in [-0.15, -0.1) is 11.6 Å². The average molecular weight is 295 g/mol. The number of hydrogen-bond donors (Lipinski definition) is 0. The van der Waals surface area contributed by atoms with E-state index in [0.717, 1.165) is 18.6 Å². The van der Waals surface area contributed by atoms with Crippen LogP contribution in [0.2, 0.25) is 0 Å². The first-order valence-corrected chi connectivity index (χ1v) is 8.36. The lowest BCUT2D eigenvalue weighted by atomic mass is 9.90. The van der Waals surface area contributed by atoms with Crippen LogP contribution >= 0.6 is 11.6 Å². The Morgan fingerprint density at radius 2 is 2.05 bits per heavy atom. The fourth-order valence-electron chi connectivity index (χ4n) is 3.10. The van der Waals surface area contributed by atoms with Gasteiger partial charge in [-0.2, -0.15) is 0 Å². The predicted octanol–water partition coefficient (Wildman–Crippen LogP) is 5.90. The molecule has 0 bridgehead atoms. The smallest absolute Gasteiger partial charge is 0.123 e. The first-order valence-electron chi connectivity index (χ1n) is 7.92. The number of benzene rings is 1. The van der Waals surface area contributed by atoms with Crippen LogP contribution in [0, 0.1) is 5.92 Å². The van der Waals surface area contributed by atoms with E-state index >= 15 is 0 Å². The largest absolute Gasteiger partial charge is 0.487 e. The van der Waals surface area contributed by atoms with Gasteiger partial charge in [-0.25, -0.2) is 0 Å². The molecule has 1 aromatic rings. The first-order chi connectivity index (χ1) is 9.46. The van der Waals surface area contributed by atoms with Gasteiger partial charge in [0.05, 0.1) is 5.38 Å². The van der Waals surface area contributed by atoms with E-state index in [1.165, 1.54) is 30.4 Å². The highest BCUT2D eigenvalue weighted by atomic mass is 35.5. The molecule has 1 aliphatic heterocycles. The molecule has 1 heterocycles. The molecule has 0 fully saturated rings. The number of alkyl halides is 1. The Morgan fingerprint density at radius 3 is 2.70 bits per heavy atom. The zero-order chi connectivity index (χ0) is 14.8. The topological polar surface area (TPSA) is 9.23 Å². The van der Waals surface area contributed by atoms with Crippen LogP contribution in [0.25, 0.3) is 0 Å². The molecule has 2 atom stereocenters. The molecule has 0 aromatic heterocycles. The molecule has 1 nitrogen and oxygen atoms in total. The summed E-state index contributed by atoms with van der Waals surface area (Å²) in [6, 6.07) is 6.50. The van der Waals surface area contributed by atoms with Crippen molar-refractivity contribution in [1.82, 2.24) is 0 Å². The Morgan fingerprint density at radius 1 is 1.30 bits per heavy atom. The second-order valence-corrected chi connectivity index (χ2v) is 7.09. The van der Waals surface area contributed by atoms with Crippen LogP contribution in [-0.4, -0.2) is 5.60 Å². The zero-order valence-electron chi connectivity index (χ0n) is 13.2. The highest BCUT2D eigenvalue weighted by molar-refractivity contribution is 6.21. The number of rotatable bonds is 6. The molecule has 0 saturated heterocycles. The molecule has 0 aliphatic carbocycles. The lowest BCUT2D eigenvalue weighted by Crippen LogP contribution is -2.24. The fourth-order valence-corrected chi connectivity index (χ4v) is 3.54. The van der Waals surface area contributed by atoms with Crippen LogP contribution in [0.1, 0.15) is 69.9 Å². The third kappa shape index (κ3) is 3.49. The standard InChI is InChI=1S/C18H27ClO/c1-5-7-8-13(6-2)17(19)14-9-10-16-15(11-14)12-18(3,4)20-16/h9-11,13,17H,5-8,12H2,1-4H3. The van der Waals surface area contributed by atoms with Gasteiger partial charge in [0.2, 0.25) is 0 Å². The van der Waals surface area contributed by atoms with Crippen LogP contribution < -0.4 is 4.74 Å². The fraction of sp³-hybridized carbons (Fsp3) is 0.667. The molecular formula is C18H27ClO. The van der Waals surface area contributed by atoms with Crippen molar-refractivity contribution < 1.29 is 4.74 Å². The molecule has 2 heteroatoms. The molecule has 2 rings (SSSR count). The maximum atomic E-state index is 6.74. The summed E-state index contributed by atoms with van der Waals surface area (Å²) in [5.41, 5.74) is 2.49. The van der Waals surface area contributed by atoms with Crippen molar-refractivity contribution in [1.29, 1.82) is 0 Å². The van der Waals surface area contributed by atoms with E-state index in [0.29, 0.717) is 5.92 Å². The Hall–Kier alpha value is -0.690. The summed E-state index contributed by atoms with van der Waals surface area (Å²) in [6.45, 7) is 8.77. The number of unbranched alkanes of at least 4 members (excludes halogenated alkanes) is 1. The summed E-state index contributed by atoms with van der Waals surface area (Å²) in [4.78, 5) is 0. The maximum Gasteiger partial charge on any atom is 0.123 e. The van der Waals surface area contributed by atoms with Gasteiger partial charge in [0.25, 0.3) is 0 Å². The third-order valence-corrected chi connectivity index (χ3v) is 4.88. The van der Waals surface area contributed by atoms with Crippen LogP contribution in [0.4, 0.5) is 0 Å². The number of halogens is 1. The van der Waals surface area contributed by atoms with Crippen molar-refractivity contribution in [3.8, 4) is 5.75 Å². The van der Waals surface area contributed by atoms with Gasteiger partial charge in [0.1, 0.15) is 11.4 Å². The summed E-state index contributed by atoms with van der Waals surface area (Å²) in [5, 5.41) is 0.126. The quantitative estimate of drug-likeness (QED) is 0.594. The van der Waals surface area contributed by atoms with Crippen molar-refractivity contribution in [2.45, 2.75) is 70.8 Å². The minimum absolute atomic E-state index is 0.0743. The summed E-state index contributed by atoms with van der Waals surface area (Å²) in [5.74, 6) is 1.61. The molecular weight excluding hydrogens is 268 g/mol. The lowest BCUT2D eigenvalue weighted by Gasteiger charge is -2.21. The van der Waals surface area contributed by atoms with Gasteiger partial charge in [0, 0.05) is 6.42 Å². The van der Waals surface area contributed by atoms with E-state index in [-0.39, 0.29) is 11.0 Å². The molecule has 0 radical (unpaired) electrons. The Bertz CT molecular complexity index is 453. The SMILES string of the molecule is CCCCC(CC)C(Cl)c1ccc2c(c1)CC(C)(C)O2. The van der Waals surface area contributed by atoms with E-state index < -0.39 is 0 Å². The maximum absolute atomic E-state index is 6.74. The highest BCUT2D eigenvalue weighted by Gasteiger charge is 2.31. The van der Waals surface area contributed by atoms with Crippen molar-refractivity contribution in [3.63, 3.8) is 0 Å². The normalized spacial score (nSPS) is 19.2. The molecule has 0 amide bonds. The second kappa shape index (κ2) is 6.39. The third-order valence-electron chi connectivity index (χ3n) is 4.27. The zero-order valence-corrected chi connectivity index (χ0v) is 14.0. The molecule has 0 spiro atoms. The van der Waals surface area contributed by atoms with Crippen molar-refractivity contribution >= 4 is 11.6 Å². The van der Waals surface area contributed by atoms with Crippen molar-refractivity contribution in [2.24, 2.45) is 5.92 Å². The van der Waals surface area contributed by atoms with Gasteiger partial charge < -0.3 is 4.74 Å². The lowest BCUT2D eigenvalue weighted by molar-refractivity contribution is 0.138. The molecule has 112 valence electrons. The predicted molar refractivity (Wildman–Crippen MR) is 86.8 cm³/mol. The monoisotopic (exact) mass is 294 g/mol. The second-order valence-electron chi connectivity index (χ2n) is 6.62. The minimum Gasteiger partial charge on any atom is -0.487 e. The van der Waals surface area contributed by atoms with E-state index in [9.17, 15) is 0 Å². The van der Waals surface area contributed by atoms with Gasteiger partial charge >= 0.3 is 0 Å². The Kier molecular flexibility index (Phi) is 5.01. The first kappa shape index (κ1) is 15.7. The molecule has 20 heavy (non-hydrogen) atoms. The molecule has 0 saturated carbocycles. The van der Waals surface area contributed by atoms with E-state index in [4.69, 9.17) is 16.3 Å². The van der Waals surface area contributed by atoms with Gasteiger partial charge in [0.15, 0.2) is 0 Å². The van der Waals surface area contributed by atoms with Crippen molar-refractivity contribution in [3.05, 3.63) is 29.3 Å². The van der Waals surface area contributed by atoms with Crippen LogP contribution in [-0.2, 0) is 6.42 Å². The summed E-state index contributed by atoms with van der Waals surface area (Å²) in [7, 11) is 0. The summed E-state index contributed by atoms with van der Waals surface area (Å²) in [6.07, 6.45) is 5.86. The Balaban J connectivity index is 2.13. The van der Waals surface area contributed by atoms with E-state index in [1.54, 1.807) is 0 Å². The highest BCUT2D eigenvalue weighted by Crippen LogP contribution is 2.40. The van der Waals surface area contributed by atoms with Crippen LogP contribution in [0.15, 0.2) is 18.2 Å². The van der Waals surface area contributed by atoms with Crippen molar-refractivity contribution in [2.75, 3.05) is 0 Å². The molecule has 1 aromatic carbocycles. The van der Waals surface area contributed by atoms with Crippen LogP contribution in [0.3, 0.4) is 0 Å². The van der Waals surface area contributed by atoms with Gasteiger partial charge in [-0.3, -0.25) is 0 Å². The molecule has 0 N–H and O–H groups in total. The van der Waals surface area contributed by atoms with Gasteiger partial charge in [-0.05, 0) is 43.4 Å². The van der Waals surface area contributed by atoms with Crippen LogP contribution in [0.5, 0.6) is 5.75 Å². The van der Waals surface area contributed by atoms with E-state index in [2.05, 4.69) is 45.9 Å². The summed E-state index contributed by atoms with van der Waals surface area (Å²) < 4.78 is 5.94. The summed E-state index contributed by atoms with van der Waals surface area (Å²) >= 11 is 6.74. The number of fused-ring (bicyclic) bond motifs is 1. The number of ether oxygens (including phenoxy) is 1. The Labute approximate surface area is 128 Å². The van der Waals surface area contributed by atoms with E-state index in [1.807, 2.05) is 0 Å². The molecule has 2 unspecified atom stereocenters. The number of hydrogen-bond acceptors (Lipinski definition) is 1.